The van der Waals surface area contributed by atoms with Crippen LogP contribution in [0.2, 0.25) is 0 Å². The summed E-state index contributed by atoms with van der Waals surface area (Å²) in [5, 5.41) is 13.3. The smallest absolute Gasteiger partial charge is 0.337 e. The number of halogens is 2. The van der Waals surface area contributed by atoms with E-state index in [4.69, 9.17) is 37.4 Å². The van der Waals surface area contributed by atoms with Crippen molar-refractivity contribution in [2.24, 2.45) is 0 Å². The van der Waals surface area contributed by atoms with Crippen molar-refractivity contribution in [3.63, 3.8) is 0 Å². The molecule has 1 unspecified atom stereocenters. The number of fused-ring (bicyclic) bond motifs is 2. The zero-order chi connectivity index (χ0) is 28.2. The number of alkyl halides is 2. The lowest BCUT2D eigenvalue weighted by molar-refractivity contribution is -0.105. The van der Waals surface area contributed by atoms with E-state index in [0.717, 1.165) is 53.2 Å². The summed E-state index contributed by atoms with van der Waals surface area (Å²) in [4.78, 5) is 22.8. The van der Waals surface area contributed by atoms with Gasteiger partial charge in [0.1, 0.15) is 11.5 Å². The van der Waals surface area contributed by atoms with E-state index in [1.807, 2.05) is 30.3 Å². The molecule has 206 valence electrons. The van der Waals surface area contributed by atoms with Gasteiger partial charge in [-0.2, -0.15) is 0 Å². The van der Waals surface area contributed by atoms with Crippen LogP contribution in [0.1, 0.15) is 40.0 Å². The predicted molar refractivity (Wildman–Crippen MR) is 153 cm³/mol. The maximum Gasteiger partial charge on any atom is 0.337 e. The third-order valence-corrected chi connectivity index (χ3v) is 5.88. The van der Waals surface area contributed by atoms with Crippen molar-refractivity contribution in [2.75, 3.05) is 26.2 Å². The van der Waals surface area contributed by atoms with Crippen LogP contribution in [0.25, 0.3) is 21.5 Å². The molecular weight excluding hydrogens is 543 g/mol. The standard InChI is InChI=1S/C17H18O4.C12H10O3.CH2Cl2/c1-19-17(18)14-6-5-13-11-15(8-7-12(13)10-14)21-16-4-2-3-9-20-16;1-15-12(14)10-3-2-9-7-11(13)5-4-8(9)6-10;2-1-3/h5-8,10-11,16H,2-4,9H2,1H3;2-7,13H,1H3;1H2. The predicted octanol–water partition coefficient (Wildman–Crippen LogP) is 7.29. The molecule has 1 saturated heterocycles. The molecular formula is C30H30Cl2O7. The lowest BCUT2D eigenvalue weighted by Crippen LogP contribution is -2.24. The molecule has 9 heteroatoms. The Morgan fingerprint density at radius 1 is 0.795 bits per heavy atom. The third kappa shape index (κ3) is 8.75. The van der Waals surface area contributed by atoms with E-state index in [9.17, 15) is 14.7 Å². The van der Waals surface area contributed by atoms with Crippen molar-refractivity contribution in [1.29, 1.82) is 0 Å². The first-order chi connectivity index (χ1) is 18.9. The van der Waals surface area contributed by atoms with Crippen molar-refractivity contribution in [3.8, 4) is 11.5 Å². The second kappa shape index (κ2) is 15.2. The van der Waals surface area contributed by atoms with E-state index in [2.05, 4.69) is 4.74 Å². The maximum absolute atomic E-state index is 11.5. The van der Waals surface area contributed by atoms with Crippen molar-refractivity contribution in [3.05, 3.63) is 83.9 Å². The van der Waals surface area contributed by atoms with E-state index in [1.165, 1.54) is 14.2 Å². The molecule has 1 atom stereocenters. The van der Waals surface area contributed by atoms with Crippen molar-refractivity contribution in [1.82, 2.24) is 0 Å². The Hall–Kier alpha value is -3.52. The van der Waals surface area contributed by atoms with E-state index < -0.39 is 0 Å². The Morgan fingerprint density at radius 2 is 1.31 bits per heavy atom. The fourth-order valence-electron chi connectivity index (χ4n) is 3.98. The van der Waals surface area contributed by atoms with E-state index in [-0.39, 0.29) is 29.3 Å². The van der Waals surface area contributed by atoms with Crippen molar-refractivity contribution >= 4 is 56.7 Å². The molecule has 1 heterocycles. The highest BCUT2D eigenvalue weighted by molar-refractivity contribution is 6.40. The fraction of sp³-hybridized carbons (Fsp3) is 0.267. The molecule has 0 saturated carbocycles. The van der Waals surface area contributed by atoms with Crippen LogP contribution in [0.15, 0.2) is 72.8 Å². The first kappa shape index (κ1) is 30.0. The average molecular weight is 573 g/mol. The van der Waals surface area contributed by atoms with Crippen LogP contribution in [0.4, 0.5) is 0 Å². The molecule has 1 aliphatic rings. The van der Waals surface area contributed by atoms with Crippen molar-refractivity contribution < 1.29 is 33.6 Å². The topological polar surface area (TPSA) is 91.3 Å². The number of phenols is 1. The maximum atomic E-state index is 11.5. The van der Waals surface area contributed by atoms with Gasteiger partial charge >= 0.3 is 11.9 Å². The lowest BCUT2D eigenvalue weighted by Gasteiger charge is -2.23. The molecule has 1 aliphatic heterocycles. The Morgan fingerprint density at radius 3 is 1.85 bits per heavy atom. The molecule has 0 spiro atoms. The minimum atomic E-state index is -0.357. The van der Waals surface area contributed by atoms with Gasteiger partial charge in [0.2, 0.25) is 0 Å². The molecule has 1 fully saturated rings. The number of hydrogen-bond donors (Lipinski definition) is 1. The van der Waals surface area contributed by atoms with Crippen molar-refractivity contribution in [2.45, 2.75) is 25.6 Å². The number of rotatable bonds is 4. The molecule has 0 aliphatic carbocycles. The summed E-state index contributed by atoms with van der Waals surface area (Å²) in [6.07, 6.45) is 3.03. The van der Waals surface area contributed by atoms with Crippen LogP contribution >= 0.6 is 23.2 Å². The quantitative estimate of drug-likeness (QED) is 0.203. The number of carbonyl (C=O) groups excluding carboxylic acids is 2. The summed E-state index contributed by atoms with van der Waals surface area (Å²) in [6.45, 7) is 0.765. The number of carbonyl (C=O) groups is 2. The van der Waals surface area contributed by atoms with Gasteiger partial charge < -0.3 is 24.1 Å². The molecule has 5 rings (SSSR count). The normalized spacial score (nSPS) is 14.3. The van der Waals surface area contributed by atoms with Gasteiger partial charge in [0, 0.05) is 6.42 Å². The summed E-state index contributed by atoms with van der Waals surface area (Å²) in [6, 6.07) is 21.5. The van der Waals surface area contributed by atoms with Crippen LogP contribution in [-0.4, -0.2) is 49.5 Å². The fourth-order valence-corrected chi connectivity index (χ4v) is 3.98. The summed E-state index contributed by atoms with van der Waals surface area (Å²) in [7, 11) is 2.73. The van der Waals surface area contributed by atoms with Crippen LogP contribution in [-0.2, 0) is 14.2 Å². The molecule has 39 heavy (non-hydrogen) atoms. The van der Waals surface area contributed by atoms with Crippen LogP contribution in [0, 0.1) is 0 Å². The first-order valence-electron chi connectivity index (χ1n) is 12.2. The minimum Gasteiger partial charge on any atom is -0.508 e. The molecule has 0 aromatic heterocycles. The van der Waals surface area contributed by atoms with Crippen LogP contribution in [0.3, 0.4) is 0 Å². The second-order valence-electron chi connectivity index (χ2n) is 8.47. The van der Waals surface area contributed by atoms with Gasteiger partial charge in [-0.1, -0.05) is 24.3 Å². The first-order valence-corrected chi connectivity index (χ1v) is 13.3. The highest BCUT2D eigenvalue weighted by Gasteiger charge is 2.15. The Balaban J connectivity index is 0.000000205. The lowest BCUT2D eigenvalue weighted by atomic mass is 10.1. The molecule has 0 amide bonds. The summed E-state index contributed by atoms with van der Waals surface area (Å²) in [5.41, 5.74) is 1.06. The highest BCUT2D eigenvalue weighted by Crippen LogP contribution is 2.25. The number of methoxy groups -OCH3 is 2. The molecule has 7 nitrogen and oxygen atoms in total. The SMILES string of the molecule is COC(=O)c1ccc2cc(O)ccc2c1.COC(=O)c1ccc2cc(OC3CCCCO3)ccc2c1.ClCCl. The summed E-state index contributed by atoms with van der Waals surface area (Å²) in [5.74, 6) is 0.325. The summed E-state index contributed by atoms with van der Waals surface area (Å²) < 4.78 is 20.8. The number of hydrogen-bond acceptors (Lipinski definition) is 7. The van der Waals surface area contributed by atoms with Gasteiger partial charge in [0.15, 0.2) is 6.29 Å². The van der Waals surface area contributed by atoms with Gasteiger partial charge in [0.05, 0.1) is 37.3 Å². The average Bonchev–Trinajstić information content (AvgIpc) is 2.97. The number of aromatic hydroxyl groups is 1. The number of ether oxygens (including phenoxy) is 4. The zero-order valence-electron chi connectivity index (χ0n) is 21.7. The van der Waals surface area contributed by atoms with Gasteiger partial charge in [-0.25, -0.2) is 9.59 Å². The minimum absolute atomic E-state index is 0.148. The Labute approximate surface area is 237 Å². The van der Waals surface area contributed by atoms with Crippen LogP contribution in [0.5, 0.6) is 11.5 Å². The Kier molecular flexibility index (Phi) is 11.7. The highest BCUT2D eigenvalue weighted by atomic mass is 35.5. The molecule has 0 bridgehead atoms. The van der Waals surface area contributed by atoms with Gasteiger partial charge in [-0.15, -0.1) is 23.2 Å². The summed E-state index contributed by atoms with van der Waals surface area (Å²) >= 11 is 9.53. The molecule has 0 radical (unpaired) electrons. The van der Waals surface area contributed by atoms with E-state index in [1.54, 1.807) is 42.5 Å². The molecule has 1 N–H and O–H groups in total. The third-order valence-electron chi connectivity index (χ3n) is 5.88. The van der Waals surface area contributed by atoms with Gasteiger partial charge in [-0.05, 0) is 82.9 Å². The monoisotopic (exact) mass is 572 g/mol. The second-order valence-corrected chi connectivity index (χ2v) is 9.28. The molecule has 4 aromatic rings. The Bertz CT molecular complexity index is 1400. The van der Waals surface area contributed by atoms with E-state index in [0.29, 0.717) is 11.1 Å². The van der Waals surface area contributed by atoms with Crippen LogP contribution < -0.4 is 4.74 Å². The molecule has 4 aromatic carbocycles. The van der Waals surface area contributed by atoms with E-state index >= 15 is 0 Å². The number of benzene rings is 4. The largest absolute Gasteiger partial charge is 0.508 e. The van der Waals surface area contributed by atoms with Gasteiger partial charge in [-0.3, -0.25) is 0 Å². The number of phenolic OH excluding ortho intramolecular Hbond substituents is 1. The number of esters is 2. The zero-order valence-corrected chi connectivity index (χ0v) is 23.2. The van der Waals surface area contributed by atoms with Gasteiger partial charge in [0.25, 0.3) is 0 Å².